The van der Waals surface area contributed by atoms with Gasteiger partial charge in [-0.1, -0.05) is 28.1 Å². The van der Waals surface area contributed by atoms with Crippen LogP contribution in [-0.2, 0) is 11.3 Å². The molecule has 6 heteroatoms. The third kappa shape index (κ3) is 5.01. The van der Waals surface area contributed by atoms with E-state index in [0.717, 1.165) is 47.8 Å². The van der Waals surface area contributed by atoms with Gasteiger partial charge in [-0.05, 0) is 54.7 Å². The zero-order valence-corrected chi connectivity index (χ0v) is 15.9. The predicted molar refractivity (Wildman–Crippen MR) is 104 cm³/mol. The molecule has 0 unspecified atom stereocenters. The molecule has 1 atom stereocenters. The fraction of sp³-hybridized carbons (Fsp3) is 0.353. The molecule has 122 valence electrons. The standard InChI is InChI=1S/C17H19BrN2OS2/c18-13-4-1-5-14(10-13)19-17(22)20(11-15-6-2-8-21-15)12-16-7-3-9-23-16/h1,3-5,7,9-10,15H,2,6,8,11-12H2,(H,19,22)/t15-/m0/s1. The van der Waals surface area contributed by atoms with Crippen LogP contribution in [0.1, 0.15) is 17.7 Å². The summed E-state index contributed by atoms with van der Waals surface area (Å²) in [5.41, 5.74) is 0.993. The monoisotopic (exact) mass is 410 g/mol. The molecule has 2 heterocycles. The molecule has 0 amide bonds. The fourth-order valence-electron chi connectivity index (χ4n) is 2.61. The molecular formula is C17H19BrN2OS2. The third-order valence-corrected chi connectivity index (χ3v) is 5.45. The van der Waals surface area contributed by atoms with Crippen LogP contribution in [0.2, 0.25) is 0 Å². The Labute approximate surface area is 154 Å². The van der Waals surface area contributed by atoms with Gasteiger partial charge < -0.3 is 15.0 Å². The van der Waals surface area contributed by atoms with Gasteiger partial charge in [0.15, 0.2) is 5.11 Å². The topological polar surface area (TPSA) is 24.5 Å². The van der Waals surface area contributed by atoms with Gasteiger partial charge in [-0.3, -0.25) is 0 Å². The largest absolute Gasteiger partial charge is 0.376 e. The quantitative estimate of drug-likeness (QED) is 0.709. The molecule has 1 N–H and O–H groups in total. The second-order valence-electron chi connectivity index (χ2n) is 5.54. The molecule has 3 rings (SSSR count). The van der Waals surface area contributed by atoms with Crippen LogP contribution in [0, 0.1) is 0 Å². The lowest BCUT2D eigenvalue weighted by molar-refractivity contribution is 0.0907. The van der Waals surface area contributed by atoms with Crippen LogP contribution in [0.4, 0.5) is 5.69 Å². The minimum atomic E-state index is 0.275. The predicted octanol–water partition coefficient (Wildman–Crippen LogP) is 4.89. The Kier molecular flexibility index (Phi) is 6.05. The highest BCUT2D eigenvalue weighted by molar-refractivity contribution is 9.10. The van der Waals surface area contributed by atoms with E-state index in [4.69, 9.17) is 17.0 Å². The Hall–Kier alpha value is -0.950. The van der Waals surface area contributed by atoms with Gasteiger partial charge in [0, 0.05) is 28.2 Å². The number of hydrogen-bond donors (Lipinski definition) is 1. The molecule has 1 saturated heterocycles. The maximum Gasteiger partial charge on any atom is 0.173 e. The molecule has 1 fully saturated rings. The SMILES string of the molecule is S=C(Nc1cccc(Br)c1)N(Cc1cccs1)C[C@@H]1CCCO1. The van der Waals surface area contributed by atoms with E-state index in [-0.39, 0.29) is 6.10 Å². The summed E-state index contributed by atoms with van der Waals surface area (Å²) in [5.74, 6) is 0. The molecule has 23 heavy (non-hydrogen) atoms. The van der Waals surface area contributed by atoms with E-state index < -0.39 is 0 Å². The summed E-state index contributed by atoms with van der Waals surface area (Å²) in [6.07, 6.45) is 2.53. The maximum absolute atomic E-state index is 5.79. The summed E-state index contributed by atoms with van der Waals surface area (Å²) in [4.78, 5) is 3.51. The number of halogens is 1. The van der Waals surface area contributed by atoms with Crippen molar-refractivity contribution in [1.82, 2.24) is 4.90 Å². The summed E-state index contributed by atoms with van der Waals surface area (Å²) in [7, 11) is 0. The van der Waals surface area contributed by atoms with Crippen molar-refractivity contribution in [2.75, 3.05) is 18.5 Å². The minimum absolute atomic E-state index is 0.275. The van der Waals surface area contributed by atoms with Crippen molar-refractivity contribution in [3.63, 3.8) is 0 Å². The van der Waals surface area contributed by atoms with Gasteiger partial charge in [-0.2, -0.15) is 0 Å². The van der Waals surface area contributed by atoms with Gasteiger partial charge in [0.1, 0.15) is 0 Å². The number of rotatable bonds is 5. The van der Waals surface area contributed by atoms with E-state index in [1.807, 2.05) is 24.3 Å². The van der Waals surface area contributed by atoms with Crippen molar-refractivity contribution in [3.05, 3.63) is 51.1 Å². The van der Waals surface area contributed by atoms with E-state index in [1.165, 1.54) is 4.88 Å². The average molecular weight is 411 g/mol. The molecule has 1 aliphatic heterocycles. The van der Waals surface area contributed by atoms with Gasteiger partial charge >= 0.3 is 0 Å². The molecule has 3 nitrogen and oxygen atoms in total. The first-order chi connectivity index (χ1) is 11.2. The minimum Gasteiger partial charge on any atom is -0.376 e. The average Bonchev–Trinajstić information content (AvgIpc) is 3.20. The van der Waals surface area contributed by atoms with E-state index >= 15 is 0 Å². The lowest BCUT2D eigenvalue weighted by atomic mass is 10.2. The lowest BCUT2D eigenvalue weighted by Gasteiger charge is -2.28. The number of nitrogens with zero attached hydrogens (tertiary/aromatic N) is 1. The number of hydrogen-bond acceptors (Lipinski definition) is 3. The zero-order valence-electron chi connectivity index (χ0n) is 12.7. The van der Waals surface area contributed by atoms with E-state index in [2.05, 4.69) is 43.7 Å². The smallest absolute Gasteiger partial charge is 0.173 e. The highest BCUT2D eigenvalue weighted by atomic mass is 79.9. The summed E-state index contributed by atoms with van der Waals surface area (Å²) >= 11 is 10.9. The van der Waals surface area contributed by atoms with Gasteiger partial charge in [-0.25, -0.2) is 0 Å². The summed E-state index contributed by atoms with van der Waals surface area (Å²) in [6, 6.07) is 12.3. The summed E-state index contributed by atoms with van der Waals surface area (Å²) in [6.45, 7) is 2.51. The number of benzene rings is 1. The van der Waals surface area contributed by atoms with E-state index in [1.54, 1.807) is 11.3 Å². The van der Waals surface area contributed by atoms with Crippen LogP contribution in [0.3, 0.4) is 0 Å². The number of anilines is 1. The molecule has 1 aromatic heterocycles. The normalized spacial score (nSPS) is 17.2. The van der Waals surface area contributed by atoms with Crippen molar-refractivity contribution in [1.29, 1.82) is 0 Å². The lowest BCUT2D eigenvalue weighted by Crippen LogP contribution is -2.39. The number of ether oxygens (including phenoxy) is 1. The molecule has 2 aromatic rings. The molecular weight excluding hydrogens is 392 g/mol. The van der Waals surface area contributed by atoms with Crippen LogP contribution in [-0.4, -0.2) is 29.3 Å². The molecule has 0 saturated carbocycles. The van der Waals surface area contributed by atoms with Crippen molar-refractivity contribution in [3.8, 4) is 0 Å². The molecule has 0 bridgehead atoms. The molecule has 0 radical (unpaired) electrons. The number of thiocarbonyl (C=S) groups is 1. The molecule has 0 aliphatic carbocycles. The Morgan fingerprint density at radius 3 is 3.00 bits per heavy atom. The van der Waals surface area contributed by atoms with Crippen molar-refractivity contribution in [2.45, 2.75) is 25.5 Å². The first-order valence-corrected chi connectivity index (χ1v) is 9.74. The Balaban J connectivity index is 1.68. The van der Waals surface area contributed by atoms with Crippen molar-refractivity contribution >= 4 is 50.3 Å². The van der Waals surface area contributed by atoms with Gasteiger partial charge in [0.2, 0.25) is 0 Å². The Morgan fingerprint density at radius 2 is 2.30 bits per heavy atom. The maximum atomic E-state index is 5.79. The second kappa shape index (κ2) is 8.24. The first kappa shape index (κ1) is 16.9. The highest BCUT2D eigenvalue weighted by Crippen LogP contribution is 2.20. The highest BCUT2D eigenvalue weighted by Gasteiger charge is 2.21. The second-order valence-corrected chi connectivity index (χ2v) is 7.87. The van der Waals surface area contributed by atoms with E-state index in [9.17, 15) is 0 Å². The van der Waals surface area contributed by atoms with Crippen molar-refractivity contribution < 1.29 is 4.74 Å². The number of nitrogens with one attached hydrogen (secondary N) is 1. The molecule has 0 spiro atoms. The van der Waals surface area contributed by atoms with Gasteiger partial charge in [0.25, 0.3) is 0 Å². The zero-order chi connectivity index (χ0) is 16.1. The van der Waals surface area contributed by atoms with Crippen molar-refractivity contribution in [2.24, 2.45) is 0 Å². The van der Waals surface area contributed by atoms with Crippen LogP contribution in [0.5, 0.6) is 0 Å². The van der Waals surface area contributed by atoms with Crippen LogP contribution >= 0.6 is 39.5 Å². The van der Waals surface area contributed by atoms with E-state index in [0.29, 0.717) is 0 Å². The Morgan fingerprint density at radius 1 is 1.39 bits per heavy atom. The summed E-state index contributed by atoms with van der Waals surface area (Å²) in [5, 5.41) is 6.19. The number of thiophene rings is 1. The first-order valence-electron chi connectivity index (χ1n) is 7.66. The van der Waals surface area contributed by atoms with Gasteiger partial charge in [-0.15, -0.1) is 11.3 Å². The summed E-state index contributed by atoms with van der Waals surface area (Å²) < 4.78 is 6.83. The van der Waals surface area contributed by atoms with Gasteiger partial charge in [0.05, 0.1) is 12.6 Å². The molecule has 1 aliphatic rings. The van der Waals surface area contributed by atoms with Crippen LogP contribution < -0.4 is 5.32 Å². The fourth-order valence-corrected chi connectivity index (χ4v) is 3.99. The third-order valence-electron chi connectivity index (χ3n) is 3.74. The Bertz CT molecular complexity index is 642. The molecule has 1 aromatic carbocycles. The van der Waals surface area contributed by atoms with Crippen LogP contribution in [0.15, 0.2) is 46.3 Å². The van der Waals surface area contributed by atoms with Crippen LogP contribution in [0.25, 0.3) is 0 Å².